The Morgan fingerprint density at radius 2 is 2.04 bits per heavy atom. The summed E-state index contributed by atoms with van der Waals surface area (Å²) >= 11 is 3.45. The Bertz CT molecular complexity index is 971. The molecule has 0 bridgehead atoms. The van der Waals surface area contributed by atoms with E-state index < -0.39 is 0 Å². The first-order valence-corrected chi connectivity index (χ1v) is 11.3. The smallest absolute Gasteiger partial charge is 0.189 e. The maximum absolute atomic E-state index is 12.9. The monoisotopic (exact) mass is 396 g/mol. The third kappa shape index (κ3) is 3.46. The van der Waals surface area contributed by atoms with Crippen LogP contribution in [0.15, 0.2) is 36.7 Å². The first kappa shape index (κ1) is 17.1. The van der Waals surface area contributed by atoms with Crippen molar-refractivity contribution in [2.75, 3.05) is 16.5 Å². The van der Waals surface area contributed by atoms with Crippen LogP contribution in [0.1, 0.15) is 36.4 Å². The van der Waals surface area contributed by atoms with E-state index in [1.165, 1.54) is 18.4 Å². The normalized spacial score (nSPS) is 19.7. The zero-order valence-corrected chi connectivity index (χ0v) is 16.5. The van der Waals surface area contributed by atoms with E-state index >= 15 is 0 Å². The van der Waals surface area contributed by atoms with Crippen molar-refractivity contribution in [2.24, 2.45) is 0 Å². The predicted molar refractivity (Wildman–Crippen MR) is 111 cm³/mol. The highest BCUT2D eigenvalue weighted by atomic mass is 32.2. The topological polar surface area (TPSA) is 59.0 Å². The maximum atomic E-state index is 12.9. The van der Waals surface area contributed by atoms with E-state index in [1.54, 1.807) is 29.4 Å². The number of rotatable bonds is 6. The van der Waals surface area contributed by atoms with Gasteiger partial charge in [0.1, 0.15) is 6.33 Å². The van der Waals surface area contributed by atoms with Gasteiger partial charge in [-0.15, -0.1) is 11.8 Å². The third-order valence-electron chi connectivity index (χ3n) is 5.17. The van der Waals surface area contributed by atoms with Crippen molar-refractivity contribution >= 4 is 44.4 Å². The Balaban J connectivity index is 1.35. The molecular formula is C20H20N4OS2. The second-order valence-electron chi connectivity index (χ2n) is 7.12. The number of benzene rings is 1. The minimum Gasteiger partial charge on any atom is -0.328 e. The molecule has 1 aliphatic heterocycles. The zero-order chi connectivity index (χ0) is 18.2. The molecule has 5 nitrogen and oxygen atoms in total. The fourth-order valence-corrected chi connectivity index (χ4v) is 5.92. The van der Waals surface area contributed by atoms with E-state index in [0.717, 1.165) is 39.2 Å². The second kappa shape index (κ2) is 7.20. The number of fused-ring (bicyclic) bond motifs is 1. The standard InChI is InChI=1S/C20H20N4OS2/c25-16(9-6-13-4-2-1-3-5-13)15-10-26-12-24(15)20-23-19-18(27-20)17(14-7-8-14)21-11-22-19/h1-5,11,14-15H,6-10,12H2/t15-/m1/s1. The van der Waals surface area contributed by atoms with Crippen LogP contribution in [0.3, 0.4) is 0 Å². The summed E-state index contributed by atoms with van der Waals surface area (Å²) in [6, 6.07) is 10.1. The van der Waals surface area contributed by atoms with Crippen molar-refractivity contribution in [3.8, 4) is 0 Å². The fourth-order valence-electron chi connectivity index (χ4n) is 3.51. The summed E-state index contributed by atoms with van der Waals surface area (Å²) in [7, 11) is 0. The number of Topliss-reactive ketones (excluding diaryl/α,β-unsaturated/α-hetero) is 1. The van der Waals surface area contributed by atoms with Crippen LogP contribution in [-0.2, 0) is 11.2 Å². The molecule has 138 valence electrons. The van der Waals surface area contributed by atoms with Gasteiger partial charge < -0.3 is 4.90 Å². The van der Waals surface area contributed by atoms with E-state index in [0.29, 0.717) is 18.1 Å². The number of hydrogen-bond acceptors (Lipinski definition) is 7. The summed E-state index contributed by atoms with van der Waals surface area (Å²) in [6.07, 6.45) is 5.41. The molecule has 1 aromatic carbocycles. The molecule has 0 radical (unpaired) electrons. The van der Waals surface area contributed by atoms with Crippen molar-refractivity contribution in [1.82, 2.24) is 15.0 Å². The predicted octanol–water partition coefficient (Wildman–Crippen LogP) is 4.04. The molecule has 1 saturated carbocycles. The van der Waals surface area contributed by atoms with Crippen LogP contribution in [-0.4, -0.2) is 38.4 Å². The molecule has 0 unspecified atom stereocenters. The number of anilines is 1. The van der Waals surface area contributed by atoms with Crippen LogP contribution >= 0.6 is 23.1 Å². The number of aromatic nitrogens is 3. The minimum absolute atomic E-state index is 0.0865. The lowest BCUT2D eigenvalue weighted by molar-refractivity contribution is -0.119. The van der Waals surface area contributed by atoms with E-state index in [-0.39, 0.29) is 6.04 Å². The van der Waals surface area contributed by atoms with Crippen LogP contribution in [0.5, 0.6) is 0 Å². The molecule has 3 heterocycles. The third-order valence-corrected chi connectivity index (χ3v) is 7.29. The number of carbonyl (C=O) groups is 1. The number of thiazole rings is 1. The molecule has 2 aromatic heterocycles. The molecule has 1 aliphatic carbocycles. The van der Waals surface area contributed by atoms with E-state index in [4.69, 9.17) is 4.98 Å². The summed E-state index contributed by atoms with van der Waals surface area (Å²) in [5.74, 6) is 2.52. The first-order chi connectivity index (χ1) is 13.3. The fraction of sp³-hybridized carbons (Fsp3) is 0.400. The molecule has 0 spiro atoms. The first-order valence-electron chi connectivity index (χ1n) is 9.32. The maximum Gasteiger partial charge on any atom is 0.189 e. The number of nitrogens with zero attached hydrogens (tertiary/aromatic N) is 4. The molecule has 3 aromatic rings. The van der Waals surface area contributed by atoms with Gasteiger partial charge in [-0.1, -0.05) is 41.7 Å². The summed E-state index contributed by atoms with van der Waals surface area (Å²) in [6.45, 7) is 0. The van der Waals surface area contributed by atoms with Crippen molar-refractivity contribution in [3.05, 3.63) is 47.9 Å². The van der Waals surface area contributed by atoms with Crippen LogP contribution in [0.4, 0.5) is 5.13 Å². The number of thioether (sulfide) groups is 1. The highest BCUT2D eigenvalue weighted by Gasteiger charge is 2.34. The second-order valence-corrected chi connectivity index (χ2v) is 9.10. The number of aryl methyl sites for hydroxylation is 1. The average molecular weight is 397 g/mol. The van der Waals surface area contributed by atoms with Crippen molar-refractivity contribution in [2.45, 2.75) is 37.6 Å². The van der Waals surface area contributed by atoms with Gasteiger partial charge in [0.2, 0.25) is 0 Å². The quantitative estimate of drug-likeness (QED) is 0.627. The lowest BCUT2D eigenvalue weighted by atomic mass is 10.0. The highest BCUT2D eigenvalue weighted by Crippen LogP contribution is 2.44. The van der Waals surface area contributed by atoms with Gasteiger partial charge in [0.05, 0.1) is 22.3 Å². The van der Waals surface area contributed by atoms with Crippen LogP contribution in [0.2, 0.25) is 0 Å². The van der Waals surface area contributed by atoms with Crippen molar-refractivity contribution in [1.29, 1.82) is 0 Å². The summed E-state index contributed by atoms with van der Waals surface area (Å²) in [5, 5.41) is 0.912. The Hall–Kier alpha value is -1.99. The van der Waals surface area contributed by atoms with Crippen molar-refractivity contribution < 1.29 is 4.79 Å². The minimum atomic E-state index is -0.0865. The van der Waals surface area contributed by atoms with E-state index in [9.17, 15) is 4.79 Å². The molecule has 2 fully saturated rings. The van der Waals surface area contributed by atoms with Crippen LogP contribution in [0, 0.1) is 0 Å². The van der Waals surface area contributed by atoms with Gasteiger partial charge in [0.25, 0.3) is 0 Å². The molecular weight excluding hydrogens is 376 g/mol. The lowest BCUT2D eigenvalue weighted by Gasteiger charge is -2.21. The Morgan fingerprint density at radius 1 is 1.19 bits per heavy atom. The molecule has 2 aliphatic rings. The van der Waals surface area contributed by atoms with Crippen LogP contribution in [0.25, 0.3) is 10.3 Å². The molecule has 1 saturated heterocycles. The number of carbonyl (C=O) groups excluding carboxylic acids is 1. The van der Waals surface area contributed by atoms with E-state index in [2.05, 4.69) is 27.0 Å². The summed E-state index contributed by atoms with van der Waals surface area (Å²) < 4.78 is 1.10. The molecule has 5 rings (SSSR count). The number of hydrogen-bond donors (Lipinski definition) is 0. The molecule has 27 heavy (non-hydrogen) atoms. The van der Waals surface area contributed by atoms with Gasteiger partial charge in [0.15, 0.2) is 16.6 Å². The molecule has 0 N–H and O–H groups in total. The summed E-state index contributed by atoms with van der Waals surface area (Å²) in [4.78, 5) is 28.7. The number of ketones is 1. The van der Waals surface area contributed by atoms with Gasteiger partial charge in [-0.25, -0.2) is 9.97 Å². The highest BCUT2D eigenvalue weighted by molar-refractivity contribution is 7.99. The molecule has 7 heteroatoms. The molecule has 1 atom stereocenters. The van der Waals surface area contributed by atoms with Gasteiger partial charge in [-0.2, -0.15) is 4.98 Å². The van der Waals surface area contributed by atoms with Gasteiger partial charge in [0, 0.05) is 18.1 Å². The van der Waals surface area contributed by atoms with Crippen molar-refractivity contribution in [3.63, 3.8) is 0 Å². The van der Waals surface area contributed by atoms with Crippen LogP contribution < -0.4 is 4.90 Å². The average Bonchev–Trinajstić information content (AvgIpc) is 3.26. The summed E-state index contributed by atoms with van der Waals surface area (Å²) in [5.41, 5.74) is 3.13. The van der Waals surface area contributed by atoms with Gasteiger partial charge in [-0.3, -0.25) is 4.79 Å². The van der Waals surface area contributed by atoms with Gasteiger partial charge in [-0.05, 0) is 24.8 Å². The Labute approximate surface area is 166 Å². The lowest BCUT2D eigenvalue weighted by Crippen LogP contribution is -2.38. The zero-order valence-electron chi connectivity index (χ0n) is 14.9. The SMILES string of the molecule is O=C(CCc1ccccc1)[C@H]1CSCN1c1nc2ncnc(C3CC3)c2s1. The Morgan fingerprint density at radius 3 is 2.85 bits per heavy atom. The molecule has 0 amide bonds. The largest absolute Gasteiger partial charge is 0.328 e. The van der Waals surface area contributed by atoms with E-state index in [1.807, 2.05) is 18.2 Å². The Kier molecular flexibility index (Phi) is 4.57. The van der Waals surface area contributed by atoms with Gasteiger partial charge >= 0.3 is 0 Å².